The molecule has 182 valence electrons. The number of allylic oxidation sites excluding steroid dienone is 2. The summed E-state index contributed by atoms with van der Waals surface area (Å²) in [6, 6.07) is 17.2. The predicted molar refractivity (Wildman–Crippen MR) is 146 cm³/mol. The van der Waals surface area contributed by atoms with E-state index in [1.807, 2.05) is 62.9 Å². The highest BCUT2D eigenvalue weighted by atomic mass is 16.5. The standard InChI is InChI=1S/C29H25N7O/c1-5-32-12-10-22(18-31)16-23-14-19(2)27(20(3)15-23)37-28-26-25(11-13-36(26)4)34-29(35-28)33-24-8-6-21(17-30)7-9-24/h5-16H,1-4H3,(H,33,34,35)/b12-10-,22-16-,32-5?. The molecule has 4 aromatic rings. The van der Waals surface area contributed by atoms with E-state index in [0.717, 1.165) is 33.4 Å². The molecule has 0 radical (unpaired) electrons. The van der Waals surface area contributed by atoms with Gasteiger partial charge in [-0.25, -0.2) is 4.98 Å². The Kier molecular flexibility index (Phi) is 7.42. The Balaban J connectivity index is 1.69. The van der Waals surface area contributed by atoms with Crippen molar-refractivity contribution in [3.8, 4) is 23.8 Å². The van der Waals surface area contributed by atoms with Gasteiger partial charge in [0.1, 0.15) is 11.3 Å². The van der Waals surface area contributed by atoms with Gasteiger partial charge < -0.3 is 14.6 Å². The molecule has 0 saturated carbocycles. The first-order chi connectivity index (χ1) is 17.9. The van der Waals surface area contributed by atoms with Gasteiger partial charge in [0.15, 0.2) is 0 Å². The van der Waals surface area contributed by atoms with Crippen LogP contribution in [0.25, 0.3) is 17.1 Å². The van der Waals surface area contributed by atoms with Crippen molar-refractivity contribution in [3.05, 3.63) is 88.8 Å². The highest BCUT2D eigenvalue weighted by molar-refractivity contribution is 5.83. The molecule has 2 heterocycles. The Labute approximate surface area is 215 Å². The molecular weight excluding hydrogens is 462 g/mol. The third kappa shape index (κ3) is 5.72. The molecule has 0 saturated heterocycles. The molecule has 4 rings (SSSR count). The monoisotopic (exact) mass is 487 g/mol. The topological polar surface area (TPSA) is 112 Å². The zero-order valence-electron chi connectivity index (χ0n) is 21.0. The highest BCUT2D eigenvalue weighted by Gasteiger charge is 2.16. The maximum absolute atomic E-state index is 9.46. The molecule has 8 nitrogen and oxygen atoms in total. The van der Waals surface area contributed by atoms with Crippen LogP contribution in [0.2, 0.25) is 0 Å². The lowest BCUT2D eigenvalue weighted by Gasteiger charge is -2.15. The summed E-state index contributed by atoms with van der Waals surface area (Å²) >= 11 is 0. The molecule has 0 spiro atoms. The van der Waals surface area contributed by atoms with E-state index in [4.69, 9.17) is 10.00 Å². The molecule has 0 unspecified atom stereocenters. The van der Waals surface area contributed by atoms with E-state index in [2.05, 4.69) is 32.4 Å². The van der Waals surface area contributed by atoms with Gasteiger partial charge in [0.2, 0.25) is 11.8 Å². The van der Waals surface area contributed by atoms with Crippen molar-refractivity contribution < 1.29 is 4.74 Å². The number of rotatable bonds is 7. The first-order valence-corrected chi connectivity index (χ1v) is 11.6. The van der Waals surface area contributed by atoms with Gasteiger partial charge in [-0.3, -0.25) is 4.99 Å². The minimum absolute atomic E-state index is 0.383. The predicted octanol–water partition coefficient (Wildman–Crippen LogP) is 6.50. The van der Waals surface area contributed by atoms with Crippen molar-refractivity contribution in [1.29, 1.82) is 10.5 Å². The van der Waals surface area contributed by atoms with Crippen molar-refractivity contribution in [2.24, 2.45) is 12.0 Å². The van der Waals surface area contributed by atoms with Crippen LogP contribution < -0.4 is 10.1 Å². The van der Waals surface area contributed by atoms with Gasteiger partial charge in [0, 0.05) is 31.3 Å². The van der Waals surface area contributed by atoms with Gasteiger partial charge in [0.05, 0.1) is 28.8 Å². The van der Waals surface area contributed by atoms with Crippen molar-refractivity contribution in [1.82, 2.24) is 14.5 Å². The largest absolute Gasteiger partial charge is 0.436 e. The number of aliphatic imine (C=N–C) groups is 1. The third-order valence-corrected chi connectivity index (χ3v) is 5.58. The molecule has 1 N–H and O–H groups in total. The zero-order chi connectivity index (χ0) is 26.4. The number of ether oxygens (including phenoxy) is 1. The Morgan fingerprint density at radius 1 is 1.08 bits per heavy atom. The van der Waals surface area contributed by atoms with Crippen LogP contribution in [0.1, 0.15) is 29.2 Å². The zero-order valence-corrected chi connectivity index (χ0v) is 21.0. The lowest BCUT2D eigenvalue weighted by Crippen LogP contribution is -2.02. The lowest BCUT2D eigenvalue weighted by atomic mass is 10.0. The van der Waals surface area contributed by atoms with Crippen molar-refractivity contribution in [2.45, 2.75) is 20.8 Å². The first kappa shape index (κ1) is 24.9. The molecule has 8 heteroatoms. The van der Waals surface area contributed by atoms with Crippen LogP contribution in [0, 0.1) is 36.5 Å². The second-order valence-corrected chi connectivity index (χ2v) is 8.35. The fourth-order valence-electron chi connectivity index (χ4n) is 3.87. The van der Waals surface area contributed by atoms with E-state index >= 15 is 0 Å². The number of hydrogen-bond donors (Lipinski definition) is 1. The lowest BCUT2D eigenvalue weighted by molar-refractivity contribution is 0.459. The molecule has 0 atom stereocenters. The van der Waals surface area contributed by atoms with E-state index in [0.29, 0.717) is 28.7 Å². The SMILES string of the molecule is CC=N/C=C\C(C#N)=C\c1cc(C)c(Oc2nc(Nc3ccc(C#N)cc3)nc3ccn(C)c23)c(C)c1. The first-order valence-electron chi connectivity index (χ1n) is 11.6. The average Bonchev–Trinajstić information content (AvgIpc) is 3.26. The number of aryl methyl sites for hydroxylation is 3. The number of aromatic nitrogens is 3. The number of nitrogens with one attached hydrogen (secondary N) is 1. The summed E-state index contributed by atoms with van der Waals surface area (Å²) in [5.74, 6) is 1.49. The number of hydrogen-bond acceptors (Lipinski definition) is 7. The summed E-state index contributed by atoms with van der Waals surface area (Å²) in [6.45, 7) is 5.74. The molecule has 0 amide bonds. The van der Waals surface area contributed by atoms with Gasteiger partial charge in [-0.1, -0.05) is 0 Å². The summed E-state index contributed by atoms with van der Waals surface area (Å²) in [5, 5.41) is 21.7. The smallest absolute Gasteiger partial charge is 0.249 e. The van der Waals surface area contributed by atoms with E-state index < -0.39 is 0 Å². The highest BCUT2D eigenvalue weighted by Crippen LogP contribution is 2.34. The van der Waals surface area contributed by atoms with Gasteiger partial charge in [0.25, 0.3) is 0 Å². The summed E-state index contributed by atoms with van der Waals surface area (Å²) < 4.78 is 8.32. The summed E-state index contributed by atoms with van der Waals surface area (Å²) in [5.41, 5.74) is 6.03. The minimum atomic E-state index is 0.383. The van der Waals surface area contributed by atoms with Gasteiger partial charge in [-0.05, 0) is 92.1 Å². The van der Waals surface area contributed by atoms with Crippen LogP contribution in [0.4, 0.5) is 11.6 Å². The molecule has 0 aliphatic heterocycles. The molecule has 2 aromatic carbocycles. The van der Waals surface area contributed by atoms with Crippen molar-refractivity contribution in [3.63, 3.8) is 0 Å². The van der Waals surface area contributed by atoms with Crippen LogP contribution in [0.3, 0.4) is 0 Å². The second-order valence-electron chi connectivity index (χ2n) is 8.35. The average molecular weight is 488 g/mol. The van der Waals surface area contributed by atoms with E-state index in [1.165, 1.54) is 0 Å². The van der Waals surface area contributed by atoms with Crippen LogP contribution in [0.15, 0.2) is 71.5 Å². The Morgan fingerprint density at radius 3 is 2.46 bits per heavy atom. The second kappa shape index (κ2) is 11.0. The van der Waals surface area contributed by atoms with E-state index in [9.17, 15) is 5.26 Å². The molecule has 0 fully saturated rings. The Morgan fingerprint density at radius 2 is 1.81 bits per heavy atom. The maximum atomic E-state index is 9.46. The number of nitrogens with zero attached hydrogens (tertiary/aromatic N) is 6. The molecular formula is C29H25N7O. The van der Waals surface area contributed by atoms with Gasteiger partial charge in [-0.2, -0.15) is 15.5 Å². The number of fused-ring (bicyclic) bond motifs is 1. The van der Waals surface area contributed by atoms with Crippen molar-refractivity contribution in [2.75, 3.05) is 5.32 Å². The van der Waals surface area contributed by atoms with E-state index in [1.54, 1.807) is 42.8 Å². The normalized spacial score (nSPS) is 11.7. The van der Waals surface area contributed by atoms with Crippen LogP contribution in [-0.4, -0.2) is 20.7 Å². The quantitative estimate of drug-likeness (QED) is 0.181. The van der Waals surface area contributed by atoms with Crippen LogP contribution in [0.5, 0.6) is 11.6 Å². The number of anilines is 2. The van der Waals surface area contributed by atoms with Gasteiger partial charge >= 0.3 is 0 Å². The number of nitriles is 2. The summed E-state index contributed by atoms with van der Waals surface area (Å²) in [6.07, 6.45) is 8.64. The molecule has 37 heavy (non-hydrogen) atoms. The molecule has 2 aromatic heterocycles. The Bertz CT molecular complexity index is 1610. The number of benzene rings is 2. The molecule has 0 aliphatic rings. The van der Waals surface area contributed by atoms with Crippen LogP contribution in [-0.2, 0) is 7.05 Å². The van der Waals surface area contributed by atoms with Gasteiger partial charge in [-0.15, -0.1) is 0 Å². The van der Waals surface area contributed by atoms with Crippen molar-refractivity contribution >= 4 is 35.0 Å². The fourth-order valence-corrected chi connectivity index (χ4v) is 3.87. The molecule has 0 aliphatic carbocycles. The van der Waals surface area contributed by atoms with Crippen LogP contribution >= 0.6 is 0 Å². The third-order valence-electron chi connectivity index (χ3n) is 5.58. The minimum Gasteiger partial charge on any atom is -0.436 e. The van der Waals surface area contributed by atoms with E-state index in [-0.39, 0.29) is 0 Å². The Hall–Kier alpha value is -5.21. The maximum Gasteiger partial charge on any atom is 0.249 e. The summed E-state index contributed by atoms with van der Waals surface area (Å²) in [4.78, 5) is 13.3. The molecule has 0 bridgehead atoms. The summed E-state index contributed by atoms with van der Waals surface area (Å²) in [7, 11) is 1.92. The fraction of sp³-hybridized carbons (Fsp3) is 0.138.